The third kappa shape index (κ3) is 22.2. The quantitative estimate of drug-likeness (QED) is 0.0332. The van der Waals surface area contributed by atoms with E-state index in [1.54, 1.807) is 19.9 Å². The number of hydrogen-bond donors (Lipinski definition) is 10. The maximum Gasteiger partial charge on any atom is 0.246 e. The normalized spacial score (nSPS) is 17.5. The first-order chi connectivity index (χ1) is 34.9. The van der Waals surface area contributed by atoms with E-state index in [4.69, 9.17) is 0 Å². The van der Waals surface area contributed by atoms with Crippen LogP contribution in [0.1, 0.15) is 149 Å². The maximum absolute atomic E-state index is 14.2. The molecule has 76 heavy (non-hydrogen) atoms. The number of carbonyl (C=O) groups excluding carboxylic acids is 10. The van der Waals surface area contributed by atoms with Gasteiger partial charge in [0, 0.05) is 38.6 Å². The number of likely N-dealkylation sites (N-methyl/N-ethyl adjacent to an activating group) is 1. The van der Waals surface area contributed by atoms with E-state index in [0.717, 1.165) is 6.42 Å². The number of nitrogens with zero attached hydrogens (tertiary/aromatic N) is 2. The fraction of sp³-hybridized carbons (Fsp3) is 0.778. The minimum Gasteiger partial charge on any atom is -0.390 e. The number of amides is 9. The number of rotatable bonds is 32. The molecule has 8 atom stereocenters. The third-order valence-electron chi connectivity index (χ3n) is 13.3. The number of nitrogens with one attached hydrogen (secondary N) is 9. The van der Waals surface area contributed by atoms with E-state index in [9.17, 15) is 53.1 Å². The Morgan fingerprint density at radius 1 is 0.697 bits per heavy atom. The summed E-state index contributed by atoms with van der Waals surface area (Å²) in [4.78, 5) is 138. The van der Waals surface area contributed by atoms with Crippen LogP contribution in [0.15, 0.2) is 12.2 Å². The first-order valence-electron chi connectivity index (χ1n) is 26.9. The molecule has 434 valence electrons. The summed E-state index contributed by atoms with van der Waals surface area (Å²) in [7, 11) is 3.78. The van der Waals surface area contributed by atoms with E-state index < -0.39 is 106 Å². The lowest BCUT2D eigenvalue weighted by Crippen LogP contribution is -2.69. The average Bonchev–Trinajstić information content (AvgIpc) is 3.81. The van der Waals surface area contributed by atoms with Crippen LogP contribution in [0, 0.1) is 23.7 Å². The van der Waals surface area contributed by atoms with Gasteiger partial charge in [-0.15, -0.1) is 0 Å². The molecule has 0 bridgehead atoms. The number of hydrogen-bond acceptors (Lipinski definition) is 13. The molecule has 1 fully saturated rings. The van der Waals surface area contributed by atoms with Crippen molar-refractivity contribution in [3.63, 3.8) is 0 Å². The minimum atomic E-state index is -2.01. The highest BCUT2D eigenvalue weighted by atomic mass is 16.3. The fourth-order valence-electron chi connectivity index (χ4n) is 8.32. The largest absolute Gasteiger partial charge is 0.390 e. The summed E-state index contributed by atoms with van der Waals surface area (Å²) in [5.74, 6) is -5.88. The number of carbonyl (C=O) groups is 10. The van der Waals surface area contributed by atoms with Crippen LogP contribution < -0.4 is 47.9 Å². The zero-order chi connectivity index (χ0) is 58.7. The average molecular weight is 1080 g/mol. The summed E-state index contributed by atoms with van der Waals surface area (Å²) < 4.78 is 0. The van der Waals surface area contributed by atoms with E-state index in [0.29, 0.717) is 32.2 Å². The van der Waals surface area contributed by atoms with Crippen LogP contribution in [0.3, 0.4) is 0 Å². The van der Waals surface area contributed by atoms with Gasteiger partial charge in [0.05, 0.1) is 11.6 Å². The van der Waals surface area contributed by atoms with Gasteiger partial charge in [0.2, 0.25) is 53.2 Å². The lowest BCUT2D eigenvalue weighted by atomic mass is 9.85. The van der Waals surface area contributed by atoms with Crippen molar-refractivity contribution in [3.05, 3.63) is 12.2 Å². The fourth-order valence-corrected chi connectivity index (χ4v) is 8.32. The summed E-state index contributed by atoms with van der Waals surface area (Å²) in [6.07, 6.45) is 4.30. The second-order valence-corrected chi connectivity index (χ2v) is 23.8. The first kappa shape index (κ1) is 68.5. The molecule has 0 saturated carbocycles. The molecular weight excluding hydrogens is 979 g/mol. The SMILES string of the molecule is CC[C@H](C)/C=C/C(=O)N1CCC[C@H]1C(=O)N[C@@H](C)C(=O)N[C@](C=O)(CNC(C)(C)C(=O)N[C@@H](CC(C)C)C(=O)N[C@@H](CC(C)C)C(=O)NC(C)(C)C(=O)NC(C)(C)C(=O)NCCC(=O)N[C@@H](C)CN(C)C)[C@H](O)C(C)C. The Bertz CT molecular complexity index is 2040. The van der Waals surface area contributed by atoms with Crippen molar-refractivity contribution < 1.29 is 53.1 Å². The van der Waals surface area contributed by atoms with E-state index in [-0.39, 0.29) is 61.4 Å². The van der Waals surface area contributed by atoms with Gasteiger partial charge in [-0.3, -0.25) is 43.2 Å². The Kier molecular flexibility index (Phi) is 27.5. The summed E-state index contributed by atoms with van der Waals surface area (Å²) in [6.45, 7) is 27.3. The van der Waals surface area contributed by atoms with Crippen molar-refractivity contribution in [3.8, 4) is 0 Å². The molecule has 0 unspecified atom stereocenters. The van der Waals surface area contributed by atoms with E-state index >= 15 is 0 Å². The highest BCUT2D eigenvalue weighted by Crippen LogP contribution is 2.21. The van der Waals surface area contributed by atoms with Gasteiger partial charge in [-0.05, 0) is 125 Å². The minimum absolute atomic E-state index is 0.0226. The van der Waals surface area contributed by atoms with Crippen molar-refractivity contribution in [1.29, 1.82) is 0 Å². The Morgan fingerprint density at radius 2 is 1.26 bits per heavy atom. The van der Waals surface area contributed by atoms with Gasteiger partial charge in [-0.2, -0.15) is 0 Å². The van der Waals surface area contributed by atoms with Gasteiger partial charge < -0.3 is 67.6 Å². The van der Waals surface area contributed by atoms with E-state index in [1.807, 2.05) is 67.5 Å². The van der Waals surface area contributed by atoms with Crippen LogP contribution in [0.4, 0.5) is 0 Å². The summed E-state index contributed by atoms with van der Waals surface area (Å²) in [6, 6.07) is -4.46. The van der Waals surface area contributed by atoms with Crippen LogP contribution in [0.5, 0.6) is 0 Å². The Balaban J connectivity index is 3.20. The van der Waals surface area contributed by atoms with E-state index in [2.05, 4.69) is 47.9 Å². The second kappa shape index (κ2) is 30.5. The molecule has 22 nitrogen and oxygen atoms in total. The maximum atomic E-state index is 14.2. The van der Waals surface area contributed by atoms with Crippen molar-refractivity contribution >= 4 is 59.5 Å². The number of aldehydes is 1. The van der Waals surface area contributed by atoms with Crippen LogP contribution in [-0.4, -0.2) is 173 Å². The predicted molar refractivity (Wildman–Crippen MR) is 292 cm³/mol. The van der Waals surface area contributed by atoms with Crippen molar-refractivity contribution in [2.45, 2.75) is 208 Å². The predicted octanol–water partition coefficient (Wildman–Crippen LogP) is 0.947. The number of aliphatic hydroxyl groups excluding tert-OH is 1. The molecule has 22 heteroatoms. The Labute approximate surface area is 452 Å². The lowest BCUT2D eigenvalue weighted by molar-refractivity contribution is -0.139. The molecule has 0 aromatic carbocycles. The molecule has 0 aromatic rings. The number of aliphatic hydroxyl groups is 1. The molecule has 1 aliphatic rings. The zero-order valence-corrected chi connectivity index (χ0v) is 49.0. The van der Waals surface area contributed by atoms with Gasteiger partial charge in [-0.25, -0.2) is 0 Å². The molecule has 0 radical (unpaired) electrons. The van der Waals surface area contributed by atoms with Gasteiger partial charge >= 0.3 is 0 Å². The van der Waals surface area contributed by atoms with Crippen molar-refractivity contribution in [2.24, 2.45) is 23.7 Å². The molecular formula is C54H97N11O11. The Morgan fingerprint density at radius 3 is 1.79 bits per heavy atom. The number of allylic oxidation sites excluding steroid dienone is 1. The van der Waals surface area contributed by atoms with Gasteiger partial charge in [0.1, 0.15) is 47.1 Å². The highest BCUT2D eigenvalue weighted by Gasteiger charge is 2.45. The van der Waals surface area contributed by atoms with Crippen LogP contribution in [0.25, 0.3) is 0 Å². The van der Waals surface area contributed by atoms with Gasteiger partial charge in [0.25, 0.3) is 0 Å². The summed E-state index contributed by atoms with van der Waals surface area (Å²) >= 11 is 0. The molecule has 0 aliphatic carbocycles. The summed E-state index contributed by atoms with van der Waals surface area (Å²) in [5.41, 5.74) is -6.61. The van der Waals surface area contributed by atoms with Gasteiger partial charge in [0.15, 0.2) is 0 Å². The topological polar surface area (TPSA) is 306 Å². The van der Waals surface area contributed by atoms with E-state index in [1.165, 1.54) is 59.4 Å². The zero-order valence-electron chi connectivity index (χ0n) is 49.0. The molecule has 9 amide bonds. The summed E-state index contributed by atoms with van der Waals surface area (Å²) in [5, 5.41) is 36.2. The van der Waals surface area contributed by atoms with Crippen LogP contribution in [0.2, 0.25) is 0 Å². The van der Waals surface area contributed by atoms with Gasteiger partial charge in [-0.1, -0.05) is 67.9 Å². The van der Waals surface area contributed by atoms with Crippen molar-refractivity contribution in [1.82, 2.24) is 57.7 Å². The highest BCUT2D eigenvalue weighted by molar-refractivity contribution is 5.99. The monoisotopic (exact) mass is 1080 g/mol. The smallest absolute Gasteiger partial charge is 0.246 e. The standard InChI is InChI=1S/C54H97N11O11/c1-19-35(8)22-23-42(68)65-26-20-21-40(65)47(73)58-37(10)44(70)62-54(31-66,43(69)34(6)7)30-56-51(11,12)49(75)60-38(27-32(2)3)45(71)59-39(28-33(4)5)46(72)61-53(15,16)50(76)63-52(13,14)48(74)55-25-24-41(67)57-36(9)29-64(17)18/h22-23,31-40,43,56,69H,19-21,24-30H2,1-18H3,(H,55,74)(H,57,67)(H,58,73)(H,59,71)(H,60,75)(H,61,72)(H,62,70)(H,63,76)/b23-22+/t35-,36-,37-,38-,39-,40-,43+,54-/m0/s1. The van der Waals surface area contributed by atoms with Crippen LogP contribution >= 0.6 is 0 Å². The molecule has 1 rings (SSSR count). The molecule has 10 N–H and O–H groups in total. The Hall–Kier alpha value is -5.48. The molecule has 1 saturated heterocycles. The third-order valence-corrected chi connectivity index (χ3v) is 13.3. The second-order valence-electron chi connectivity index (χ2n) is 23.8. The van der Waals surface area contributed by atoms with Crippen LogP contribution in [-0.2, 0) is 47.9 Å². The lowest BCUT2D eigenvalue weighted by Gasteiger charge is -2.39. The molecule has 1 aliphatic heterocycles. The molecule has 1 heterocycles. The molecule has 0 aromatic heterocycles. The molecule has 0 spiro atoms. The first-order valence-corrected chi connectivity index (χ1v) is 26.9. The number of likely N-dealkylation sites (tertiary alicyclic amines) is 1. The van der Waals surface area contributed by atoms with Crippen molar-refractivity contribution in [2.75, 3.05) is 40.3 Å².